The summed E-state index contributed by atoms with van der Waals surface area (Å²) in [5, 5.41) is 0. The first kappa shape index (κ1) is 35.2. The molecular formula is C55H41N3. The maximum absolute atomic E-state index is 5.26. The van der Waals surface area contributed by atoms with Gasteiger partial charge in [0.05, 0.1) is 16.8 Å². The summed E-state index contributed by atoms with van der Waals surface area (Å²) in [5.74, 6) is 0.791. The molecule has 7 aromatic carbocycles. The van der Waals surface area contributed by atoms with Crippen LogP contribution in [0.15, 0.2) is 200 Å². The van der Waals surface area contributed by atoms with E-state index in [1.807, 2.05) is 18.3 Å². The van der Waals surface area contributed by atoms with Crippen molar-refractivity contribution in [3.05, 3.63) is 245 Å². The molecule has 10 rings (SSSR count). The van der Waals surface area contributed by atoms with Crippen molar-refractivity contribution in [2.75, 3.05) is 0 Å². The second-order valence-electron chi connectivity index (χ2n) is 15.3. The number of benzene rings is 7. The van der Waals surface area contributed by atoms with Crippen molar-refractivity contribution in [1.29, 1.82) is 0 Å². The molecule has 0 saturated carbocycles. The Kier molecular flexibility index (Phi) is 8.92. The van der Waals surface area contributed by atoms with Crippen molar-refractivity contribution in [3.8, 4) is 55.9 Å². The molecule has 2 heterocycles. The Morgan fingerprint density at radius 3 is 1.62 bits per heavy atom. The number of aromatic nitrogens is 3. The first-order valence-electron chi connectivity index (χ1n) is 20.0. The minimum Gasteiger partial charge on any atom is -0.261 e. The quantitative estimate of drug-likeness (QED) is 0.156. The Morgan fingerprint density at radius 2 is 0.983 bits per heavy atom. The van der Waals surface area contributed by atoms with Crippen molar-refractivity contribution < 1.29 is 0 Å². The zero-order chi connectivity index (χ0) is 39.1. The molecule has 276 valence electrons. The Bertz CT molecular complexity index is 2820. The molecule has 0 radical (unpaired) electrons. The average Bonchev–Trinajstić information content (AvgIpc) is 3.59. The second-order valence-corrected chi connectivity index (χ2v) is 15.3. The predicted octanol–water partition coefficient (Wildman–Crippen LogP) is 13.1. The van der Waals surface area contributed by atoms with Crippen LogP contribution in [0.3, 0.4) is 0 Å². The van der Waals surface area contributed by atoms with E-state index in [0.29, 0.717) is 6.42 Å². The first-order valence-corrected chi connectivity index (χ1v) is 20.0. The highest BCUT2D eigenvalue weighted by atomic mass is 14.9. The van der Waals surface area contributed by atoms with Gasteiger partial charge in [-0.05, 0) is 105 Å². The number of aryl methyl sites for hydroxylation is 2. The summed E-state index contributed by atoms with van der Waals surface area (Å²) in [5.41, 5.74) is 19.1. The molecule has 2 aromatic heterocycles. The van der Waals surface area contributed by atoms with Gasteiger partial charge in [-0.1, -0.05) is 170 Å². The third-order valence-corrected chi connectivity index (χ3v) is 11.7. The Hall–Kier alpha value is -7.23. The molecule has 9 aromatic rings. The number of rotatable bonds is 8. The molecule has 0 spiro atoms. The molecule has 0 fully saturated rings. The van der Waals surface area contributed by atoms with E-state index in [1.165, 1.54) is 66.8 Å². The third kappa shape index (κ3) is 6.13. The number of pyridine rings is 1. The van der Waals surface area contributed by atoms with Gasteiger partial charge in [0.25, 0.3) is 0 Å². The molecule has 0 aliphatic heterocycles. The van der Waals surface area contributed by atoms with Gasteiger partial charge < -0.3 is 0 Å². The van der Waals surface area contributed by atoms with Crippen LogP contribution in [0.2, 0.25) is 0 Å². The van der Waals surface area contributed by atoms with Crippen LogP contribution in [0, 0.1) is 13.8 Å². The highest BCUT2D eigenvalue weighted by Crippen LogP contribution is 2.57. The highest BCUT2D eigenvalue weighted by Gasteiger charge is 2.47. The largest absolute Gasteiger partial charge is 0.261 e. The Morgan fingerprint density at radius 1 is 0.431 bits per heavy atom. The monoisotopic (exact) mass is 743 g/mol. The molecule has 0 N–H and O–H groups in total. The van der Waals surface area contributed by atoms with Crippen LogP contribution >= 0.6 is 0 Å². The SMILES string of the molecule is Cc1cc(-c2cccc(-c3ccc4c(c3)-c3c(Cc5nc(-c6ccccc6)cc(-c6ccccc6)n5)cccc3C4(c3ccccc3)c3ccccc3)c2)c(C)cn1. The summed E-state index contributed by atoms with van der Waals surface area (Å²) in [4.78, 5) is 15.1. The van der Waals surface area contributed by atoms with Crippen molar-refractivity contribution >= 4 is 0 Å². The number of fused-ring (bicyclic) bond motifs is 3. The van der Waals surface area contributed by atoms with Gasteiger partial charge in [-0.25, -0.2) is 9.97 Å². The van der Waals surface area contributed by atoms with Crippen LogP contribution in [0.4, 0.5) is 0 Å². The van der Waals surface area contributed by atoms with Gasteiger partial charge >= 0.3 is 0 Å². The van der Waals surface area contributed by atoms with Gasteiger partial charge in [-0.2, -0.15) is 0 Å². The first-order chi connectivity index (χ1) is 28.6. The second kappa shape index (κ2) is 14.7. The lowest BCUT2D eigenvalue weighted by molar-refractivity contribution is 0.767. The number of hydrogen-bond acceptors (Lipinski definition) is 3. The van der Waals surface area contributed by atoms with Crippen molar-refractivity contribution in [2.24, 2.45) is 0 Å². The Labute approximate surface area is 340 Å². The number of nitrogens with zero attached hydrogens (tertiary/aromatic N) is 3. The molecule has 0 amide bonds. The van der Waals surface area contributed by atoms with Crippen LogP contribution in [0.1, 0.15) is 44.9 Å². The molecule has 58 heavy (non-hydrogen) atoms. The van der Waals surface area contributed by atoms with E-state index in [0.717, 1.165) is 34.0 Å². The molecule has 3 heteroatoms. The van der Waals surface area contributed by atoms with E-state index >= 15 is 0 Å². The van der Waals surface area contributed by atoms with Crippen LogP contribution < -0.4 is 0 Å². The molecule has 3 nitrogen and oxygen atoms in total. The fourth-order valence-electron chi connectivity index (χ4n) is 9.01. The molecule has 1 aliphatic rings. The normalized spacial score (nSPS) is 12.5. The lowest BCUT2D eigenvalue weighted by atomic mass is 9.67. The van der Waals surface area contributed by atoms with Gasteiger partial charge in [-0.15, -0.1) is 0 Å². The fourth-order valence-corrected chi connectivity index (χ4v) is 9.01. The maximum atomic E-state index is 5.26. The van der Waals surface area contributed by atoms with Crippen LogP contribution in [-0.4, -0.2) is 15.0 Å². The summed E-state index contributed by atoms with van der Waals surface area (Å²) in [6, 6.07) is 70.1. The molecule has 0 atom stereocenters. The zero-order valence-electron chi connectivity index (χ0n) is 32.6. The predicted molar refractivity (Wildman–Crippen MR) is 238 cm³/mol. The van der Waals surface area contributed by atoms with Crippen molar-refractivity contribution in [1.82, 2.24) is 15.0 Å². The smallest absolute Gasteiger partial charge is 0.134 e. The van der Waals surface area contributed by atoms with Crippen LogP contribution in [0.25, 0.3) is 55.9 Å². The van der Waals surface area contributed by atoms with Gasteiger partial charge in [0.2, 0.25) is 0 Å². The van der Waals surface area contributed by atoms with Crippen LogP contribution in [0.5, 0.6) is 0 Å². The standard InChI is InChI=1S/C55H41N3/c1-37-36-56-38(2)31-47(37)43-22-15-21-41(32-43)42-29-30-49-48(33-42)54-44(23-16-28-50(54)55(49,45-24-11-5-12-25-45)46-26-13-6-14-27-46)34-53-57-51(39-17-7-3-8-18-39)35-52(58-53)40-19-9-4-10-20-40/h3-33,35-36H,34H2,1-2H3. The Balaban J connectivity index is 1.20. The van der Waals surface area contributed by atoms with Crippen molar-refractivity contribution in [2.45, 2.75) is 25.7 Å². The summed E-state index contributed by atoms with van der Waals surface area (Å²) in [7, 11) is 0. The number of hydrogen-bond donors (Lipinski definition) is 0. The van der Waals surface area contributed by atoms with E-state index < -0.39 is 5.41 Å². The lowest BCUT2D eigenvalue weighted by Crippen LogP contribution is -2.28. The van der Waals surface area contributed by atoms with Crippen molar-refractivity contribution in [3.63, 3.8) is 0 Å². The summed E-state index contributed by atoms with van der Waals surface area (Å²) >= 11 is 0. The molecule has 1 aliphatic carbocycles. The minimum absolute atomic E-state index is 0.531. The molecule has 0 saturated heterocycles. The van der Waals surface area contributed by atoms with E-state index in [9.17, 15) is 0 Å². The lowest BCUT2D eigenvalue weighted by Gasteiger charge is -2.34. The third-order valence-electron chi connectivity index (χ3n) is 11.7. The fraction of sp³-hybridized carbons (Fsp3) is 0.0727. The van der Waals surface area contributed by atoms with E-state index in [2.05, 4.69) is 201 Å². The van der Waals surface area contributed by atoms with Gasteiger partial charge in [0, 0.05) is 29.4 Å². The molecular weight excluding hydrogens is 703 g/mol. The van der Waals surface area contributed by atoms with Gasteiger partial charge in [0.15, 0.2) is 0 Å². The van der Waals surface area contributed by atoms with Crippen LogP contribution in [-0.2, 0) is 11.8 Å². The minimum atomic E-state index is -0.531. The van der Waals surface area contributed by atoms with E-state index in [-0.39, 0.29) is 0 Å². The topological polar surface area (TPSA) is 38.7 Å². The summed E-state index contributed by atoms with van der Waals surface area (Å²) < 4.78 is 0. The highest BCUT2D eigenvalue weighted by molar-refractivity contribution is 5.91. The van der Waals surface area contributed by atoms with Gasteiger partial charge in [0.1, 0.15) is 5.82 Å². The van der Waals surface area contributed by atoms with E-state index in [4.69, 9.17) is 9.97 Å². The average molecular weight is 744 g/mol. The summed E-state index contributed by atoms with van der Waals surface area (Å²) in [6.45, 7) is 4.19. The zero-order valence-corrected chi connectivity index (χ0v) is 32.6. The van der Waals surface area contributed by atoms with E-state index in [1.54, 1.807) is 0 Å². The maximum Gasteiger partial charge on any atom is 0.134 e. The summed E-state index contributed by atoms with van der Waals surface area (Å²) in [6.07, 6.45) is 2.54. The van der Waals surface area contributed by atoms with Gasteiger partial charge in [-0.3, -0.25) is 4.98 Å². The molecule has 0 bridgehead atoms. The molecule has 0 unspecified atom stereocenters.